The number of amidine groups is 1. The van der Waals surface area contributed by atoms with E-state index in [1.54, 1.807) is 16.6 Å². The predicted octanol–water partition coefficient (Wildman–Crippen LogP) is 1.38. The Hall–Kier alpha value is -3.31. The molecule has 2 aromatic rings. The van der Waals surface area contributed by atoms with E-state index in [-0.39, 0.29) is 55.3 Å². The number of piperidine rings is 2. The van der Waals surface area contributed by atoms with E-state index in [0.717, 1.165) is 24.6 Å². The Balaban J connectivity index is 1.40. The Kier molecular flexibility index (Phi) is 7.23. The average molecular weight is 540 g/mol. The van der Waals surface area contributed by atoms with Crippen molar-refractivity contribution in [3.05, 3.63) is 36.2 Å². The summed E-state index contributed by atoms with van der Waals surface area (Å²) < 4.78 is 30.1. The number of hydrogen-bond donors (Lipinski definition) is 4. The fourth-order valence-corrected chi connectivity index (χ4v) is 7.95. The van der Waals surface area contributed by atoms with Gasteiger partial charge in [-0.2, -0.15) is 22.3 Å². The maximum Gasteiger partial charge on any atom is 0.282 e. The Morgan fingerprint density at radius 1 is 1.37 bits per heavy atom. The molecule has 3 saturated heterocycles. The normalized spacial score (nSPS) is 25.0. The fourth-order valence-electron chi connectivity index (χ4n) is 5.81. The number of aliphatic hydroxyl groups is 1. The number of hydrogen-bond acceptors (Lipinski definition) is 9. The lowest BCUT2D eigenvalue weighted by atomic mass is 9.83. The quantitative estimate of drug-likeness (QED) is 0.299. The van der Waals surface area contributed by atoms with Gasteiger partial charge in [0, 0.05) is 67.7 Å². The number of nitrogens with one attached hydrogen (secondary N) is 2. The van der Waals surface area contributed by atoms with Crippen molar-refractivity contribution in [2.24, 2.45) is 11.7 Å². The third-order valence-electron chi connectivity index (χ3n) is 7.74. The van der Waals surface area contributed by atoms with Gasteiger partial charge in [0.15, 0.2) is 0 Å². The van der Waals surface area contributed by atoms with E-state index in [2.05, 4.69) is 21.3 Å². The first-order valence-electron chi connectivity index (χ1n) is 12.8. The highest BCUT2D eigenvalue weighted by atomic mass is 32.2. The molecule has 3 aliphatic rings. The summed E-state index contributed by atoms with van der Waals surface area (Å²) in [5.74, 6) is 0.892. The molecule has 0 unspecified atom stereocenters. The van der Waals surface area contributed by atoms with Crippen molar-refractivity contribution in [2.75, 3.05) is 37.0 Å². The molecule has 3 fully saturated rings. The van der Waals surface area contributed by atoms with Crippen LogP contribution in [0.25, 0.3) is 10.9 Å². The molecule has 2 aromatic heterocycles. The van der Waals surface area contributed by atoms with Gasteiger partial charge < -0.3 is 21.1 Å². The van der Waals surface area contributed by atoms with Crippen molar-refractivity contribution in [3.8, 4) is 6.07 Å². The van der Waals surface area contributed by atoms with Gasteiger partial charge in [0.05, 0.1) is 24.1 Å². The minimum atomic E-state index is -3.60. The highest BCUT2D eigenvalue weighted by Crippen LogP contribution is 2.41. The molecule has 0 aromatic carbocycles. The Morgan fingerprint density at radius 2 is 2.08 bits per heavy atom. The smallest absolute Gasteiger partial charge is 0.282 e. The predicted molar refractivity (Wildman–Crippen MR) is 145 cm³/mol. The van der Waals surface area contributed by atoms with E-state index in [1.165, 1.54) is 10.4 Å². The topological polar surface area (TPSA) is 176 Å². The Labute approximate surface area is 222 Å². The number of nitriles is 1. The zero-order valence-electron chi connectivity index (χ0n) is 21.3. The van der Waals surface area contributed by atoms with Crippen molar-refractivity contribution in [3.63, 3.8) is 0 Å². The standard InChI is InChI=1S/C25H33N9O3S/c1-32(25-21-6-3-7-29-22(21)11-24(31-25)30-23(28)8-17(27)15-35)20-9-18-4-2-5-19(10-20)34(18)38(36,37)33-13-16(12-26)14-33/h3,6-8,11,16,18-20,35H,2,4-5,9-10,13-15,27H2,1H3,(H2,28,30,31)/b17-8-/t18-,19+,20-. The van der Waals surface area contributed by atoms with Crippen LogP contribution in [0.2, 0.25) is 0 Å². The highest BCUT2D eigenvalue weighted by Gasteiger charge is 2.49. The molecule has 5 rings (SSSR count). The zero-order valence-corrected chi connectivity index (χ0v) is 22.1. The second kappa shape index (κ2) is 10.5. The number of fused-ring (bicyclic) bond motifs is 3. The summed E-state index contributed by atoms with van der Waals surface area (Å²) in [5.41, 5.74) is 6.52. The molecule has 5 N–H and O–H groups in total. The highest BCUT2D eigenvalue weighted by molar-refractivity contribution is 7.86. The van der Waals surface area contributed by atoms with Crippen LogP contribution in [0.1, 0.15) is 32.1 Å². The minimum absolute atomic E-state index is 0.00869. The molecule has 3 atom stereocenters. The summed E-state index contributed by atoms with van der Waals surface area (Å²) >= 11 is 0. The zero-order chi connectivity index (χ0) is 27.0. The van der Waals surface area contributed by atoms with E-state index in [0.29, 0.717) is 30.0 Å². The SMILES string of the molecule is CN(c1nc(NC(=N)/C=C(\N)CO)cc2ncccc12)[C@@H]1C[C@H]2CCC[C@@H](C1)N2S(=O)(=O)N1CC(C#N)C1. The largest absolute Gasteiger partial charge is 0.400 e. The van der Waals surface area contributed by atoms with E-state index >= 15 is 0 Å². The molecule has 0 radical (unpaired) electrons. The molecule has 12 nitrogen and oxygen atoms in total. The number of pyridine rings is 2. The van der Waals surface area contributed by atoms with Crippen LogP contribution >= 0.6 is 0 Å². The van der Waals surface area contributed by atoms with Crippen LogP contribution in [0, 0.1) is 22.7 Å². The average Bonchev–Trinajstić information content (AvgIpc) is 2.86. The van der Waals surface area contributed by atoms with E-state index in [4.69, 9.17) is 26.5 Å². The number of nitrogens with two attached hydrogens (primary N) is 1. The number of anilines is 2. The minimum Gasteiger partial charge on any atom is -0.400 e. The molecule has 5 heterocycles. The molecular weight excluding hydrogens is 506 g/mol. The summed E-state index contributed by atoms with van der Waals surface area (Å²) in [4.78, 5) is 11.4. The van der Waals surface area contributed by atoms with Crippen LogP contribution in [-0.4, -0.2) is 82.8 Å². The first-order chi connectivity index (χ1) is 18.2. The Bertz CT molecular complexity index is 1390. The van der Waals surface area contributed by atoms with Crippen LogP contribution < -0.4 is 16.0 Å². The van der Waals surface area contributed by atoms with Gasteiger partial charge in [0.25, 0.3) is 10.2 Å². The third-order valence-corrected chi connectivity index (χ3v) is 9.82. The molecule has 3 aliphatic heterocycles. The lowest BCUT2D eigenvalue weighted by Crippen LogP contribution is -2.64. The lowest BCUT2D eigenvalue weighted by molar-refractivity contribution is 0.0932. The van der Waals surface area contributed by atoms with Crippen molar-refractivity contribution in [1.29, 1.82) is 10.7 Å². The number of rotatable bonds is 7. The second-order valence-corrected chi connectivity index (χ2v) is 12.1. The molecule has 38 heavy (non-hydrogen) atoms. The molecule has 0 spiro atoms. The Morgan fingerprint density at radius 3 is 2.74 bits per heavy atom. The first kappa shape index (κ1) is 26.3. The van der Waals surface area contributed by atoms with E-state index in [9.17, 15) is 8.42 Å². The molecule has 202 valence electrons. The molecule has 0 aliphatic carbocycles. The van der Waals surface area contributed by atoms with Gasteiger partial charge in [0.1, 0.15) is 17.5 Å². The summed E-state index contributed by atoms with van der Waals surface area (Å²) in [6, 6.07) is 7.58. The fraction of sp³-hybridized carbons (Fsp3) is 0.520. The lowest BCUT2D eigenvalue weighted by Gasteiger charge is -2.52. The molecule has 0 saturated carbocycles. The summed E-state index contributed by atoms with van der Waals surface area (Å²) in [6.45, 7) is 0.197. The van der Waals surface area contributed by atoms with Crippen molar-refractivity contribution >= 4 is 38.6 Å². The van der Waals surface area contributed by atoms with Gasteiger partial charge in [-0.15, -0.1) is 0 Å². The van der Waals surface area contributed by atoms with Crippen LogP contribution in [0.3, 0.4) is 0 Å². The van der Waals surface area contributed by atoms with Gasteiger partial charge in [0.2, 0.25) is 0 Å². The summed E-state index contributed by atoms with van der Waals surface area (Å²) in [7, 11) is -1.63. The summed E-state index contributed by atoms with van der Waals surface area (Å²) in [6.07, 6.45) is 7.00. The van der Waals surface area contributed by atoms with E-state index in [1.807, 2.05) is 19.2 Å². The molecular formula is C25H33N9O3S. The van der Waals surface area contributed by atoms with Crippen molar-refractivity contribution < 1.29 is 13.5 Å². The van der Waals surface area contributed by atoms with Crippen LogP contribution in [0.5, 0.6) is 0 Å². The molecule has 2 bridgehead atoms. The molecule has 0 amide bonds. The summed E-state index contributed by atoms with van der Waals surface area (Å²) in [5, 5.41) is 30.2. The van der Waals surface area contributed by atoms with Gasteiger partial charge in [-0.05, 0) is 37.8 Å². The number of nitrogens with zero attached hydrogens (tertiary/aromatic N) is 6. The van der Waals surface area contributed by atoms with E-state index < -0.39 is 10.2 Å². The first-order valence-corrected chi connectivity index (χ1v) is 14.2. The van der Waals surface area contributed by atoms with Crippen LogP contribution in [-0.2, 0) is 10.2 Å². The van der Waals surface area contributed by atoms with Gasteiger partial charge in [-0.1, -0.05) is 6.42 Å². The van der Waals surface area contributed by atoms with Crippen LogP contribution in [0.15, 0.2) is 36.2 Å². The monoisotopic (exact) mass is 539 g/mol. The number of aromatic nitrogens is 2. The molecule has 13 heteroatoms. The second-order valence-electron chi connectivity index (χ2n) is 10.3. The maximum absolute atomic E-state index is 13.5. The third kappa shape index (κ3) is 4.92. The number of aliphatic hydroxyl groups excluding tert-OH is 1. The van der Waals surface area contributed by atoms with Crippen LogP contribution in [0.4, 0.5) is 11.6 Å². The van der Waals surface area contributed by atoms with Crippen molar-refractivity contribution in [1.82, 2.24) is 18.6 Å². The van der Waals surface area contributed by atoms with Gasteiger partial charge in [-0.25, -0.2) is 4.98 Å². The maximum atomic E-state index is 13.5. The van der Waals surface area contributed by atoms with Gasteiger partial charge in [-0.3, -0.25) is 10.4 Å². The van der Waals surface area contributed by atoms with Crippen molar-refractivity contribution in [2.45, 2.75) is 50.2 Å². The van der Waals surface area contributed by atoms with Gasteiger partial charge >= 0.3 is 0 Å².